The van der Waals surface area contributed by atoms with E-state index in [1.807, 2.05) is 18.2 Å². The van der Waals surface area contributed by atoms with Gasteiger partial charge in [-0.05, 0) is 43.5 Å². The van der Waals surface area contributed by atoms with Crippen molar-refractivity contribution < 1.29 is 19.0 Å². The number of carbonyl (C=O) groups is 1. The summed E-state index contributed by atoms with van der Waals surface area (Å²) in [5, 5.41) is 3.08. The van der Waals surface area contributed by atoms with Gasteiger partial charge in [0.1, 0.15) is 17.2 Å². The van der Waals surface area contributed by atoms with E-state index < -0.39 is 0 Å². The molecule has 1 amide bonds. The van der Waals surface area contributed by atoms with Crippen LogP contribution >= 0.6 is 0 Å². The molecule has 0 radical (unpaired) electrons. The summed E-state index contributed by atoms with van der Waals surface area (Å²) < 4.78 is 15.9. The van der Waals surface area contributed by atoms with Gasteiger partial charge in [0.2, 0.25) is 0 Å². The molecule has 1 aliphatic rings. The summed E-state index contributed by atoms with van der Waals surface area (Å²) in [6, 6.07) is 13.2. The number of likely N-dealkylation sites (tertiary alicyclic amines) is 1. The molecule has 2 aromatic carbocycles. The van der Waals surface area contributed by atoms with Crippen molar-refractivity contribution in [1.29, 1.82) is 0 Å². The van der Waals surface area contributed by atoms with E-state index in [0.717, 1.165) is 43.8 Å². The highest BCUT2D eigenvalue weighted by atomic mass is 16.5. The van der Waals surface area contributed by atoms with Crippen LogP contribution in [0.4, 0.5) is 0 Å². The van der Waals surface area contributed by atoms with Crippen molar-refractivity contribution in [2.45, 2.75) is 12.8 Å². The lowest BCUT2D eigenvalue weighted by atomic mass is 9.97. The Morgan fingerprint density at radius 3 is 2.55 bits per heavy atom. The fourth-order valence-electron chi connectivity index (χ4n) is 3.89. The monoisotopic (exact) mass is 424 g/mol. The third-order valence-corrected chi connectivity index (χ3v) is 5.57. The SMILES string of the molecule is COc1cc(OC)cc(C(=O)NCC2CCCN(C/C=C/c3ccccc3OC)C2)c1. The molecule has 166 valence electrons. The molecule has 0 bridgehead atoms. The Kier molecular flexibility index (Phi) is 8.35. The number of amides is 1. The maximum atomic E-state index is 12.6. The molecule has 1 atom stereocenters. The number of hydrogen-bond donors (Lipinski definition) is 1. The molecule has 6 nitrogen and oxygen atoms in total. The Morgan fingerprint density at radius 2 is 1.84 bits per heavy atom. The summed E-state index contributed by atoms with van der Waals surface area (Å²) in [6.07, 6.45) is 6.55. The van der Waals surface area contributed by atoms with Gasteiger partial charge in [0.25, 0.3) is 5.91 Å². The molecule has 0 aromatic heterocycles. The number of nitrogens with one attached hydrogen (secondary N) is 1. The summed E-state index contributed by atoms with van der Waals surface area (Å²) >= 11 is 0. The zero-order chi connectivity index (χ0) is 22.1. The van der Waals surface area contributed by atoms with Gasteiger partial charge in [0, 0.05) is 36.8 Å². The van der Waals surface area contributed by atoms with E-state index in [9.17, 15) is 4.79 Å². The van der Waals surface area contributed by atoms with E-state index in [1.54, 1.807) is 39.5 Å². The molecule has 3 rings (SSSR count). The number of rotatable bonds is 9. The predicted molar refractivity (Wildman–Crippen MR) is 123 cm³/mol. The fourth-order valence-corrected chi connectivity index (χ4v) is 3.89. The highest BCUT2D eigenvalue weighted by Crippen LogP contribution is 2.23. The zero-order valence-electron chi connectivity index (χ0n) is 18.6. The molecule has 0 spiro atoms. The van der Waals surface area contributed by atoms with Gasteiger partial charge in [0.15, 0.2) is 0 Å². The molecule has 0 saturated carbocycles. The van der Waals surface area contributed by atoms with Crippen LogP contribution in [0.3, 0.4) is 0 Å². The van der Waals surface area contributed by atoms with E-state index in [2.05, 4.69) is 28.4 Å². The van der Waals surface area contributed by atoms with E-state index in [4.69, 9.17) is 14.2 Å². The van der Waals surface area contributed by atoms with Gasteiger partial charge in [-0.15, -0.1) is 0 Å². The normalized spacial score (nSPS) is 16.8. The molecular formula is C25H32N2O4. The molecule has 6 heteroatoms. The van der Waals surface area contributed by atoms with Crippen molar-refractivity contribution >= 4 is 12.0 Å². The van der Waals surface area contributed by atoms with E-state index in [0.29, 0.717) is 29.5 Å². The van der Waals surface area contributed by atoms with Gasteiger partial charge < -0.3 is 19.5 Å². The van der Waals surface area contributed by atoms with Crippen molar-refractivity contribution in [1.82, 2.24) is 10.2 Å². The van der Waals surface area contributed by atoms with Crippen molar-refractivity contribution in [2.24, 2.45) is 5.92 Å². The van der Waals surface area contributed by atoms with Gasteiger partial charge in [-0.25, -0.2) is 0 Å². The first kappa shape index (κ1) is 22.7. The fraction of sp³-hybridized carbons (Fsp3) is 0.400. The Labute approximate surface area is 184 Å². The topological polar surface area (TPSA) is 60.0 Å². The first-order chi connectivity index (χ1) is 15.1. The Hall–Kier alpha value is -2.99. The number of ether oxygens (including phenoxy) is 3. The third kappa shape index (κ3) is 6.49. The zero-order valence-corrected chi connectivity index (χ0v) is 18.6. The van der Waals surface area contributed by atoms with Crippen molar-refractivity contribution in [2.75, 3.05) is 47.5 Å². The summed E-state index contributed by atoms with van der Waals surface area (Å²) in [5.74, 6) is 2.42. The largest absolute Gasteiger partial charge is 0.497 e. The summed E-state index contributed by atoms with van der Waals surface area (Å²) in [7, 11) is 4.85. The van der Waals surface area contributed by atoms with Crippen molar-refractivity contribution in [3.05, 3.63) is 59.7 Å². The number of benzene rings is 2. The minimum atomic E-state index is -0.106. The first-order valence-corrected chi connectivity index (χ1v) is 10.7. The maximum Gasteiger partial charge on any atom is 0.251 e. The van der Waals surface area contributed by atoms with Crippen molar-refractivity contribution in [3.8, 4) is 17.2 Å². The number of nitrogens with zero attached hydrogens (tertiary/aromatic N) is 1. The first-order valence-electron chi connectivity index (χ1n) is 10.7. The van der Waals surface area contributed by atoms with Crippen LogP contribution in [0.1, 0.15) is 28.8 Å². The van der Waals surface area contributed by atoms with Gasteiger partial charge in [-0.2, -0.15) is 0 Å². The second kappa shape index (κ2) is 11.4. The number of carbonyl (C=O) groups excluding carboxylic acids is 1. The van der Waals surface area contributed by atoms with Gasteiger partial charge in [0.05, 0.1) is 21.3 Å². The number of hydrogen-bond acceptors (Lipinski definition) is 5. The van der Waals surface area contributed by atoms with Gasteiger partial charge >= 0.3 is 0 Å². The minimum Gasteiger partial charge on any atom is -0.497 e. The predicted octanol–water partition coefficient (Wildman–Crippen LogP) is 3.87. The second-order valence-corrected chi connectivity index (χ2v) is 7.72. The lowest BCUT2D eigenvalue weighted by Gasteiger charge is -2.32. The maximum absolute atomic E-state index is 12.6. The highest BCUT2D eigenvalue weighted by Gasteiger charge is 2.20. The lowest BCUT2D eigenvalue weighted by Crippen LogP contribution is -2.40. The van der Waals surface area contributed by atoms with E-state index in [-0.39, 0.29) is 5.91 Å². The molecule has 1 N–H and O–H groups in total. The minimum absolute atomic E-state index is 0.106. The molecule has 1 heterocycles. The lowest BCUT2D eigenvalue weighted by molar-refractivity contribution is 0.0934. The Bertz CT molecular complexity index is 875. The molecule has 1 saturated heterocycles. The molecule has 31 heavy (non-hydrogen) atoms. The van der Waals surface area contributed by atoms with Crippen molar-refractivity contribution in [3.63, 3.8) is 0 Å². The molecular weight excluding hydrogens is 392 g/mol. The van der Waals surface area contributed by atoms with Crippen LogP contribution < -0.4 is 19.5 Å². The van der Waals surface area contributed by atoms with E-state index >= 15 is 0 Å². The van der Waals surface area contributed by atoms with Crippen LogP contribution in [0.25, 0.3) is 6.08 Å². The van der Waals surface area contributed by atoms with Gasteiger partial charge in [-0.3, -0.25) is 9.69 Å². The van der Waals surface area contributed by atoms with Gasteiger partial charge in [-0.1, -0.05) is 30.4 Å². The molecule has 1 aliphatic heterocycles. The number of piperidine rings is 1. The summed E-state index contributed by atoms with van der Waals surface area (Å²) in [4.78, 5) is 15.1. The average Bonchev–Trinajstić information content (AvgIpc) is 2.82. The number of methoxy groups -OCH3 is 3. The third-order valence-electron chi connectivity index (χ3n) is 5.57. The Balaban J connectivity index is 1.51. The second-order valence-electron chi connectivity index (χ2n) is 7.72. The standard InChI is InChI=1S/C25H32N2O4/c1-29-22-14-21(15-23(16-22)30-2)25(28)26-17-19-8-6-12-27(18-19)13-7-10-20-9-4-5-11-24(20)31-3/h4-5,7,9-11,14-16,19H,6,8,12-13,17-18H2,1-3H3,(H,26,28)/b10-7+. The van der Waals surface area contributed by atoms with Crippen LogP contribution in [0.15, 0.2) is 48.5 Å². The Morgan fingerprint density at radius 1 is 1.10 bits per heavy atom. The highest BCUT2D eigenvalue weighted by molar-refractivity contribution is 5.95. The van der Waals surface area contributed by atoms with Crippen LogP contribution in [0, 0.1) is 5.92 Å². The number of para-hydroxylation sites is 1. The van der Waals surface area contributed by atoms with Crippen LogP contribution in [-0.2, 0) is 0 Å². The average molecular weight is 425 g/mol. The summed E-state index contributed by atoms with van der Waals surface area (Å²) in [6.45, 7) is 3.59. The summed E-state index contributed by atoms with van der Waals surface area (Å²) in [5.41, 5.74) is 1.63. The van der Waals surface area contributed by atoms with Crippen LogP contribution in [0.2, 0.25) is 0 Å². The molecule has 1 fully saturated rings. The van der Waals surface area contributed by atoms with Crippen LogP contribution in [-0.4, -0.2) is 58.3 Å². The van der Waals surface area contributed by atoms with Crippen LogP contribution in [0.5, 0.6) is 17.2 Å². The van der Waals surface area contributed by atoms with E-state index in [1.165, 1.54) is 0 Å². The quantitative estimate of drug-likeness (QED) is 0.662. The molecule has 2 aromatic rings. The molecule has 1 unspecified atom stereocenters. The smallest absolute Gasteiger partial charge is 0.251 e. The molecule has 0 aliphatic carbocycles.